The highest BCUT2D eigenvalue weighted by Crippen LogP contribution is 2.10. The Hall–Kier alpha value is -1.82. The van der Waals surface area contributed by atoms with Crippen LogP contribution in [-0.4, -0.2) is 40.0 Å². The molecule has 2 rings (SSSR count). The number of nitrogens with zero attached hydrogens (tertiary/aromatic N) is 5. The first-order chi connectivity index (χ1) is 9.99. The number of hydrogen-bond acceptors (Lipinski definition) is 4. The lowest BCUT2D eigenvalue weighted by Crippen LogP contribution is -2.20. The van der Waals surface area contributed by atoms with Crippen molar-refractivity contribution in [3.05, 3.63) is 29.3 Å². The number of hydrogen-bond donors (Lipinski definition) is 1. The zero-order valence-corrected chi connectivity index (χ0v) is 13.7. The van der Waals surface area contributed by atoms with Crippen molar-refractivity contribution >= 4 is 5.95 Å². The third-order valence-electron chi connectivity index (χ3n) is 3.59. The molecule has 0 saturated heterocycles. The van der Waals surface area contributed by atoms with Crippen LogP contribution in [0.4, 0.5) is 5.95 Å². The highest BCUT2D eigenvalue weighted by atomic mass is 15.3. The summed E-state index contributed by atoms with van der Waals surface area (Å²) < 4.78 is 4.19. The molecule has 6 heteroatoms. The van der Waals surface area contributed by atoms with Gasteiger partial charge in [-0.15, -0.1) is 0 Å². The second-order valence-corrected chi connectivity index (χ2v) is 5.68. The zero-order chi connectivity index (χ0) is 15.4. The van der Waals surface area contributed by atoms with Gasteiger partial charge in [0.2, 0.25) is 5.95 Å². The van der Waals surface area contributed by atoms with E-state index >= 15 is 0 Å². The van der Waals surface area contributed by atoms with Crippen molar-refractivity contribution in [2.24, 2.45) is 7.05 Å². The lowest BCUT2D eigenvalue weighted by atomic mass is 10.3. The van der Waals surface area contributed by atoms with E-state index in [9.17, 15) is 0 Å². The second-order valence-electron chi connectivity index (χ2n) is 5.68. The van der Waals surface area contributed by atoms with E-state index in [0.717, 1.165) is 37.7 Å². The molecule has 1 N–H and O–H groups in total. The summed E-state index contributed by atoms with van der Waals surface area (Å²) in [6.07, 6.45) is 3.00. The molecule has 0 atom stereocenters. The van der Waals surface area contributed by atoms with Crippen LogP contribution in [0.5, 0.6) is 0 Å². The zero-order valence-electron chi connectivity index (χ0n) is 13.7. The summed E-state index contributed by atoms with van der Waals surface area (Å²) in [5, 5.41) is 7.94. The third kappa shape index (κ3) is 3.85. The van der Waals surface area contributed by atoms with E-state index in [-0.39, 0.29) is 0 Å². The lowest BCUT2D eigenvalue weighted by molar-refractivity contribution is 0.527. The van der Waals surface area contributed by atoms with Gasteiger partial charge in [0.05, 0.1) is 17.6 Å². The quantitative estimate of drug-likeness (QED) is 0.785. The van der Waals surface area contributed by atoms with Crippen LogP contribution < -0.4 is 10.2 Å². The van der Waals surface area contributed by atoms with Gasteiger partial charge in [-0.2, -0.15) is 5.10 Å². The molecule has 0 unspecified atom stereocenters. The number of nitrogens with one attached hydrogen (secondary N) is 1. The summed E-state index contributed by atoms with van der Waals surface area (Å²) in [5.74, 6) is 0.981. The summed E-state index contributed by atoms with van der Waals surface area (Å²) >= 11 is 0. The highest BCUT2D eigenvalue weighted by Gasteiger charge is 2.07. The normalized spacial score (nSPS) is 11.1. The topological polar surface area (TPSA) is 50.9 Å². The molecule has 0 aromatic carbocycles. The summed E-state index contributed by atoms with van der Waals surface area (Å²) in [4.78, 5) is 6.43. The van der Waals surface area contributed by atoms with Crippen molar-refractivity contribution in [2.45, 2.75) is 33.4 Å². The van der Waals surface area contributed by atoms with Gasteiger partial charge < -0.3 is 14.8 Å². The Kier molecular flexibility index (Phi) is 5.01. The van der Waals surface area contributed by atoms with Gasteiger partial charge in [0.1, 0.15) is 0 Å². The van der Waals surface area contributed by atoms with Gasteiger partial charge in [-0.3, -0.25) is 4.68 Å². The Labute approximate surface area is 126 Å². The summed E-state index contributed by atoms with van der Waals surface area (Å²) in [6.45, 7) is 6.91. The highest BCUT2D eigenvalue weighted by molar-refractivity contribution is 5.30. The molecule has 2 aromatic heterocycles. The van der Waals surface area contributed by atoms with Crippen LogP contribution in [-0.2, 0) is 20.1 Å². The van der Waals surface area contributed by atoms with Crippen molar-refractivity contribution in [2.75, 3.05) is 25.5 Å². The van der Waals surface area contributed by atoms with Crippen LogP contribution in [0, 0.1) is 13.8 Å². The Morgan fingerprint density at radius 2 is 2.05 bits per heavy atom. The predicted molar refractivity (Wildman–Crippen MR) is 85.6 cm³/mol. The van der Waals surface area contributed by atoms with Crippen molar-refractivity contribution in [3.63, 3.8) is 0 Å². The predicted octanol–water partition coefficient (Wildman–Crippen LogP) is 1.48. The SMILES string of the molecule is Cc1cc(C)n(CCCNCc2cnc(N(C)C)n2C)n1. The molecule has 0 aliphatic carbocycles. The first-order valence-electron chi connectivity index (χ1n) is 7.38. The Morgan fingerprint density at radius 1 is 1.29 bits per heavy atom. The average Bonchev–Trinajstić information content (AvgIpc) is 2.93. The monoisotopic (exact) mass is 290 g/mol. The molecule has 116 valence electrons. The molecule has 2 aromatic rings. The molecule has 0 saturated carbocycles. The second kappa shape index (κ2) is 6.76. The molecule has 0 aliphatic rings. The first-order valence-corrected chi connectivity index (χ1v) is 7.38. The molecule has 0 radical (unpaired) electrons. The molecule has 6 nitrogen and oxygen atoms in total. The number of imidazole rings is 1. The molecule has 0 aliphatic heterocycles. The molecule has 2 heterocycles. The summed E-state index contributed by atoms with van der Waals surface area (Å²) in [5.41, 5.74) is 3.52. The number of anilines is 1. The van der Waals surface area contributed by atoms with Crippen LogP contribution in [0.3, 0.4) is 0 Å². The van der Waals surface area contributed by atoms with Crippen LogP contribution in [0.1, 0.15) is 23.5 Å². The third-order valence-corrected chi connectivity index (χ3v) is 3.59. The van der Waals surface area contributed by atoms with Crippen LogP contribution >= 0.6 is 0 Å². The Morgan fingerprint density at radius 3 is 2.62 bits per heavy atom. The van der Waals surface area contributed by atoms with Crippen molar-refractivity contribution < 1.29 is 0 Å². The van der Waals surface area contributed by atoms with Gasteiger partial charge in [-0.25, -0.2) is 4.98 Å². The average molecular weight is 290 g/mol. The first kappa shape index (κ1) is 15.6. The fraction of sp³-hybridized carbons (Fsp3) is 0.600. The molecule has 0 fully saturated rings. The van der Waals surface area contributed by atoms with E-state index in [1.54, 1.807) is 0 Å². The van der Waals surface area contributed by atoms with E-state index in [2.05, 4.69) is 44.7 Å². The van der Waals surface area contributed by atoms with E-state index in [1.807, 2.05) is 32.1 Å². The minimum atomic E-state index is 0.842. The Balaban J connectivity index is 1.74. The van der Waals surface area contributed by atoms with Gasteiger partial charge in [0, 0.05) is 39.9 Å². The van der Waals surface area contributed by atoms with Crippen LogP contribution in [0.15, 0.2) is 12.3 Å². The van der Waals surface area contributed by atoms with Crippen molar-refractivity contribution in [3.8, 4) is 0 Å². The van der Waals surface area contributed by atoms with Gasteiger partial charge >= 0.3 is 0 Å². The van der Waals surface area contributed by atoms with E-state index in [1.165, 1.54) is 11.4 Å². The van der Waals surface area contributed by atoms with Crippen molar-refractivity contribution in [1.29, 1.82) is 0 Å². The maximum absolute atomic E-state index is 4.47. The number of aryl methyl sites for hydroxylation is 3. The van der Waals surface area contributed by atoms with E-state index in [0.29, 0.717) is 0 Å². The molecule has 0 amide bonds. The lowest BCUT2D eigenvalue weighted by Gasteiger charge is -2.13. The minimum absolute atomic E-state index is 0.842. The maximum atomic E-state index is 4.47. The minimum Gasteiger partial charge on any atom is -0.348 e. The molecule has 0 bridgehead atoms. The maximum Gasteiger partial charge on any atom is 0.204 e. The van der Waals surface area contributed by atoms with Crippen LogP contribution in [0.25, 0.3) is 0 Å². The molecule has 0 spiro atoms. The standard InChI is InChI=1S/C15H26N6/c1-12-9-13(2)21(18-12)8-6-7-16-10-14-11-17-15(19(3)4)20(14)5/h9,11,16H,6-8,10H2,1-5H3. The Bertz CT molecular complexity index is 581. The van der Waals surface area contributed by atoms with E-state index in [4.69, 9.17) is 0 Å². The van der Waals surface area contributed by atoms with Crippen molar-refractivity contribution in [1.82, 2.24) is 24.6 Å². The van der Waals surface area contributed by atoms with Gasteiger partial charge in [0.25, 0.3) is 0 Å². The fourth-order valence-electron chi connectivity index (χ4n) is 2.49. The molecule has 21 heavy (non-hydrogen) atoms. The number of rotatable bonds is 7. The molecular formula is C15H26N6. The van der Waals surface area contributed by atoms with Gasteiger partial charge in [0.15, 0.2) is 0 Å². The summed E-state index contributed by atoms with van der Waals surface area (Å²) in [7, 11) is 6.07. The van der Waals surface area contributed by atoms with Gasteiger partial charge in [-0.05, 0) is 32.9 Å². The fourth-order valence-corrected chi connectivity index (χ4v) is 2.49. The summed E-state index contributed by atoms with van der Waals surface area (Å²) in [6, 6.07) is 2.12. The largest absolute Gasteiger partial charge is 0.348 e. The van der Waals surface area contributed by atoms with Crippen LogP contribution in [0.2, 0.25) is 0 Å². The van der Waals surface area contributed by atoms with E-state index < -0.39 is 0 Å². The number of aromatic nitrogens is 4. The van der Waals surface area contributed by atoms with Gasteiger partial charge in [-0.1, -0.05) is 0 Å². The molecular weight excluding hydrogens is 264 g/mol. The smallest absolute Gasteiger partial charge is 0.204 e.